The molecule has 0 amide bonds. The third kappa shape index (κ3) is 3.88. The van der Waals surface area contributed by atoms with Crippen molar-refractivity contribution < 1.29 is 0 Å². The van der Waals surface area contributed by atoms with Gasteiger partial charge in [0.15, 0.2) is 0 Å². The van der Waals surface area contributed by atoms with Crippen molar-refractivity contribution in [1.29, 1.82) is 0 Å². The topological polar surface area (TPSA) is 12.9 Å². The number of nitrogens with zero attached hydrogens (tertiary/aromatic N) is 1. The molecule has 0 unspecified atom stereocenters. The van der Waals surface area contributed by atoms with Crippen molar-refractivity contribution in [3.8, 4) is 44.6 Å². The predicted octanol–water partition coefficient (Wildman–Crippen LogP) is 10.5. The molecular formula is C39H33N. The molecule has 0 aliphatic heterocycles. The maximum absolute atomic E-state index is 5.27. The zero-order valence-electron chi connectivity index (χ0n) is 23.8. The van der Waals surface area contributed by atoms with E-state index in [0.29, 0.717) is 0 Å². The van der Waals surface area contributed by atoms with E-state index in [2.05, 4.69) is 144 Å². The molecule has 1 heteroatoms. The minimum Gasteiger partial charge on any atom is -0.248 e. The Morgan fingerprint density at radius 3 is 2.02 bits per heavy atom. The molecule has 1 aliphatic carbocycles. The molecule has 0 spiro atoms. The normalized spacial score (nSPS) is 13.3. The number of aromatic nitrogens is 1. The Labute approximate surface area is 237 Å². The summed E-state index contributed by atoms with van der Waals surface area (Å²) in [5.41, 5.74) is 17.5. The van der Waals surface area contributed by atoms with Gasteiger partial charge in [-0.2, -0.15) is 0 Å². The number of hydrogen-bond donors (Lipinski definition) is 0. The van der Waals surface area contributed by atoms with Gasteiger partial charge in [0.05, 0.1) is 11.2 Å². The van der Waals surface area contributed by atoms with Crippen molar-refractivity contribution in [2.24, 2.45) is 0 Å². The van der Waals surface area contributed by atoms with Gasteiger partial charge in [-0.05, 0) is 101 Å². The molecule has 7 rings (SSSR count). The van der Waals surface area contributed by atoms with E-state index in [1.165, 1.54) is 72.1 Å². The SMILES string of the molecule is Cc1cc(C)cc(-c2ccc3nc(-c4cc(C)c5c(c4)C(C)(C)c4ccccc4-5)cc(-c4ccccc4)c3c2)c1. The molecule has 1 aliphatic rings. The van der Waals surface area contributed by atoms with Crippen molar-refractivity contribution >= 4 is 10.9 Å². The van der Waals surface area contributed by atoms with Crippen LogP contribution in [0.4, 0.5) is 0 Å². The Balaban J connectivity index is 1.45. The number of fused-ring (bicyclic) bond motifs is 4. The fourth-order valence-corrected chi connectivity index (χ4v) is 6.73. The molecule has 40 heavy (non-hydrogen) atoms. The maximum Gasteiger partial charge on any atom is 0.0716 e. The maximum atomic E-state index is 5.27. The van der Waals surface area contributed by atoms with E-state index in [9.17, 15) is 0 Å². The number of pyridine rings is 1. The van der Waals surface area contributed by atoms with Crippen LogP contribution < -0.4 is 0 Å². The first-order chi connectivity index (χ1) is 19.3. The molecule has 1 nitrogen and oxygen atoms in total. The van der Waals surface area contributed by atoms with E-state index >= 15 is 0 Å². The highest BCUT2D eigenvalue weighted by molar-refractivity contribution is 5.99. The molecule has 6 aromatic rings. The number of hydrogen-bond acceptors (Lipinski definition) is 1. The Hall–Kier alpha value is -4.49. The largest absolute Gasteiger partial charge is 0.248 e. The van der Waals surface area contributed by atoms with Crippen LogP contribution in [0.1, 0.15) is 41.7 Å². The Morgan fingerprint density at radius 2 is 1.25 bits per heavy atom. The summed E-state index contributed by atoms with van der Waals surface area (Å²) in [6.07, 6.45) is 0. The van der Waals surface area contributed by atoms with Crippen molar-refractivity contribution in [2.45, 2.75) is 40.0 Å². The van der Waals surface area contributed by atoms with Gasteiger partial charge in [-0.3, -0.25) is 0 Å². The average Bonchev–Trinajstić information content (AvgIpc) is 3.19. The summed E-state index contributed by atoms with van der Waals surface area (Å²) in [6.45, 7) is 11.3. The van der Waals surface area contributed by atoms with Gasteiger partial charge < -0.3 is 0 Å². The van der Waals surface area contributed by atoms with Crippen molar-refractivity contribution in [2.75, 3.05) is 0 Å². The minimum atomic E-state index is -0.0490. The monoisotopic (exact) mass is 515 g/mol. The van der Waals surface area contributed by atoms with E-state index in [1.54, 1.807) is 0 Å². The molecule has 5 aromatic carbocycles. The summed E-state index contributed by atoms with van der Waals surface area (Å²) < 4.78 is 0. The smallest absolute Gasteiger partial charge is 0.0716 e. The third-order valence-electron chi connectivity index (χ3n) is 8.62. The summed E-state index contributed by atoms with van der Waals surface area (Å²) in [5.74, 6) is 0. The third-order valence-corrected chi connectivity index (χ3v) is 8.62. The molecule has 0 saturated carbocycles. The first-order valence-corrected chi connectivity index (χ1v) is 14.1. The van der Waals surface area contributed by atoms with Crippen molar-refractivity contribution in [3.63, 3.8) is 0 Å². The summed E-state index contributed by atoms with van der Waals surface area (Å²) in [6, 6.07) is 40.1. The molecular weight excluding hydrogens is 482 g/mol. The highest BCUT2D eigenvalue weighted by atomic mass is 14.7. The van der Waals surface area contributed by atoms with Crippen molar-refractivity contribution in [3.05, 3.63) is 137 Å². The lowest BCUT2D eigenvalue weighted by Gasteiger charge is -2.22. The average molecular weight is 516 g/mol. The van der Waals surface area contributed by atoms with Gasteiger partial charge in [-0.1, -0.05) is 104 Å². The lowest BCUT2D eigenvalue weighted by atomic mass is 9.81. The standard InChI is InChI=1S/C39H33N/c1-24-17-25(2)19-29(18-24)28-15-16-36-33(21-28)32(27-11-7-6-8-12-27)23-37(40-36)30-20-26(3)38-31-13-9-10-14-34(31)39(4,5)35(38)22-30/h6-23H,1-5H3. The van der Waals surface area contributed by atoms with Crippen LogP contribution in [0.2, 0.25) is 0 Å². The molecule has 0 saturated heterocycles. The summed E-state index contributed by atoms with van der Waals surface area (Å²) >= 11 is 0. The number of benzene rings is 5. The summed E-state index contributed by atoms with van der Waals surface area (Å²) in [5, 5.41) is 1.18. The fourth-order valence-electron chi connectivity index (χ4n) is 6.73. The van der Waals surface area contributed by atoms with Crippen molar-refractivity contribution in [1.82, 2.24) is 4.98 Å². The summed E-state index contributed by atoms with van der Waals surface area (Å²) in [7, 11) is 0. The van der Waals surface area contributed by atoms with Gasteiger partial charge in [0.25, 0.3) is 0 Å². The van der Waals surface area contributed by atoms with Gasteiger partial charge in [0, 0.05) is 16.4 Å². The highest BCUT2D eigenvalue weighted by Crippen LogP contribution is 2.51. The Bertz CT molecular complexity index is 1920. The van der Waals surface area contributed by atoms with Crippen LogP contribution in [-0.4, -0.2) is 4.98 Å². The van der Waals surface area contributed by atoms with Gasteiger partial charge in [0.1, 0.15) is 0 Å². The molecule has 0 bridgehead atoms. The van der Waals surface area contributed by atoms with E-state index in [-0.39, 0.29) is 5.41 Å². The first kappa shape index (κ1) is 24.5. The predicted molar refractivity (Wildman–Crippen MR) is 170 cm³/mol. The fraction of sp³-hybridized carbons (Fsp3) is 0.154. The van der Waals surface area contributed by atoms with E-state index < -0.39 is 0 Å². The van der Waals surface area contributed by atoms with Gasteiger partial charge in [0.2, 0.25) is 0 Å². The number of rotatable bonds is 3. The second kappa shape index (κ2) is 9.03. The first-order valence-electron chi connectivity index (χ1n) is 14.1. The zero-order chi connectivity index (χ0) is 27.6. The Kier molecular flexibility index (Phi) is 5.54. The highest BCUT2D eigenvalue weighted by Gasteiger charge is 2.36. The quantitative estimate of drug-likeness (QED) is 0.228. The van der Waals surface area contributed by atoms with Crippen LogP contribution in [-0.2, 0) is 5.41 Å². The van der Waals surface area contributed by atoms with Crippen LogP contribution in [0, 0.1) is 20.8 Å². The lowest BCUT2D eigenvalue weighted by molar-refractivity contribution is 0.660. The van der Waals surface area contributed by atoms with E-state index in [4.69, 9.17) is 4.98 Å². The molecule has 1 aromatic heterocycles. The zero-order valence-corrected chi connectivity index (χ0v) is 23.8. The van der Waals surface area contributed by atoms with Crippen LogP contribution >= 0.6 is 0 Å². The van der Waals surface area contributed by atoms with E-state index in [0.717, 1.165) is 11.2 Å². The molecule has 0 N–H and O–H groups in total. The van der Waals surface area contributed by atoms with Crippen LogP contribution in [0.3, 0.4) is 0 Å². The molecule has 0 atom stereocenters. The van der Waals surface area contributed by atoms with E-state index in [1.807, 2.05) is 0 Å². The minimum absolute atomic E-state index is 0.0490. The van der Waals surface area contributed by atoms with Gasteiger partial charge >= 0.3 is 0 Å². The Morgan fingerprint density at radius 1 is 0.525 bits per heavy atom. The molecule has 0 fully saturated rings. The second-order valence-electron chi connectivity index (χ2n) is 11.9. The lowest BCUT2D eigenvalue weighted by Crippen LogP contribution is -2.15. The molecule has 0 radical (unpaired) electrons. The molecule has 1 heterocycles. The van der Waals surface area contributed by atoms with Crippen LogP contribution in [0.5, 0.6) is 0 Å². The van der Waals surface area contributed by atoms with Crippen LogP contribution in [0.15, 0.2) is 109 Å². The number of aryl methyl sites for hydroxylation is 3. The van der Waals surface area contributed by atoms with Crippen LogP contribution in [0.25, 0.3) is 55.5 Å². The molecule has 194 valence electrons. The van der Waals surface area contributed by atoms with Gasteiger partial charge in [-0.15, -0.1) is 0 Å². The second-order valence-corrected chi connectivity index (χ2v) is 11.9. The summed E-state index contributed by atoms with van der Waals surface area (Å²) in [4.78, 5) is 5.27. The van der Waals surface area contributed by atoms with Gasteiger partial charge in [-0.25, -0.2) is 4.98 Å².